The van der Waals surface area contributed by atoms with E-state index in [4.69, 9.17) is 0 Å². The lowest BCUT2D eigenvalue weighted by Gasteiger charge is -2.21. The molecule has 2 rings (SSSR count). The summed E-state index contributed by atoms with van der Waals surface area (Å²) in [4.78, 5) is 0. The maximum absolute atomic E-state index is 10.7. The van der Waals surface area contributed by atoms with Crippen LogP contribution in [0.15, 0.2) is 71.2 Å². The average molecular weight is 331 g/mol. The number of hydrogen-bond donors (Lipinski definition) is 1. The fourth-order valence-corrected chi connectivity index (χ4v) is 2.67. The standard InChI is InChI=1S/C18H19BrO/c1-2-3-12-17(14-8-5-4-6-9-14)18(20)15-10-7-11-16(19)13-15/h3-13,17-18,20H,2H2,1H3/b12-3+/t17-,18-/m0/s1. The van der Waals surface area contributed by atoms with Crippen molar-refractivity contribution in [2.75, 3.05) is 0 Å². The summed E-state index contributed by atoms with van der Waals surface area (Å²) in [7, 11) is 0. The average Bonchev–Trinajstić information content (AvgIpc) is 2.48. The molecule has 1 N–H and O–H groups in total. The molecule has 0 unspecified atom stereocenters. The predicted molar refractivity (Wildman–Crippen MR) is 87.7 cm³/mol. The Labute approximate surface area is 129 Å². The van der Waals surface area contributed by atoms with E-state index >= 15 is 0 Å². The number of halogens is 1. The minimum absolute atomic E-state index is 0.0227. The van der Waals surface area contributed by atoms with Crippen molar-refractivity contribution in [3.05, 3.63) is 82.3 Å². The highest BCUT2D eigenvalue weighted by atomic mass is 79.9. The number of aliphatic hydroxyl groups is 1. The van der Waals surface area contributed by atoms with Crippen LogP contribution < -0.4 is 0 Å². The maximum Gasteiger partial charge on any atom is 0.0893 e. The van der Waals surface area contributed by atoms with Crippen molar-refractivity contribution in [2.24, 2.45) is 0 Å². The van der Waals surface area contributed by atoms with E-state index in [9.17, 15) is 5.11 Å². The highest BCUT2D eigenvalue weighted by Gasteiger charge is 2.20. The monoisotopic (exact) mass is 330 g/mol. The Balaban J connectivity index is 2.34. The van der Waals surface area contributed by atoms with Crippen LogP contribution >= 0.6 is 15.9 Å². The molecule has 0 saturated carbocycles. The molecule has 2 atom stereocenters. The van der Waals surface area contributed by atoms with Crippen molar-refractivity contribution in [3.8, 4) is 0 Å². The third-order valence-corrected chi connectivity index (χ3v) is 3.79. The Hall–Kier alpha value is -1.38. The van der Waals surface area contributed by atoms with Crippen molar-refractivity contribution >= 4 is 15.9 Å². The second kappa shape index (κ2) is 7.41. The van der Waals surface area contributed by atoms with Gasteiger partial charge in [-0.25, -0.2) is 0 Å². The lowest BCUT2D eigenvalue weighted by molar-refractivity contribution is 0.161. The van der Waals surface area contributed by atoms with Crippen molar-refractivity contribution in [2.45, 2.75) is 25.4 Å². The molecule has 0 aliphatic carbocycles. The fourth-order valence-electron chi connectivity index (χ4n) is 2.25. The molecule has 0 amide bonds. The summed E-state index contributed by atoms with van der Waals surface area (Å²) in [5.41, 5.74) is 2.05. The highest BCUT2D eigenvalue weighted by Crippen LogP contribution is 2.33. The Morgan fingerprint density at radius 2 is 1.75 bits per heavy atom. The van der Waals surface area contributed by atoms with E-state index in [1.165, 1.54) is 0 Å². The van der Waals surface area contributed by atoms with Gasteiger partial charge in [-0.2, -0.15) is 0 Å². The molecule has 2 heteroatoms. The number of allylic oxidation sites excluding steroid dienone is 1. The third-order valence-electron chi connectivity index (χ3n) is 3.29. The zero-order chi connectivity index (χ0) is 14.4. The number of rotatable bonds is 5. The molecule has 0 spiro atoms. The fraction of sp³-hybridized carbons (Fsp3) is 0.222. The van der Waals surface area contributed by atoms with Gasteiger partial charge in [0.2, 0.25) is 0 Å². The van der Waals surface area contributed by atoms with Crippen LogP contribution in [0.1, 0.15) is 36.5 Å². The lowest BCUT2D eigenvalue weighted by Crippen LogP contribution is -2.09. The van der Waals surface area contributed by atoms with Crippen LogP contribution in [0.3, 0.4) is 0 Å². The Bertz CT molecular complexity index is 563. The van der Waals surface area contributed by atoms with Crippen molar-refractivity contribution in [1.82, 2.24) is 0 Å². The first-order chi connectivity index (χ1) is 9.72. The van der Waals surface area contributed by atoms with E-state index in [1.54, 1.807) is 0 Å². The Morgan fingerprint density at radius 1 is 1.05 bits per heavy atom. The van der Waals surface area contributed by atoms with Crippen LogP contribution in [-0.2, 0) is 0 Å². The molecule has 0 heterocycles. The maximum atomic E-state index is 10.7. The second-order valence-corrected chi connectivity index (χ2v) is 5.69. The largest absolute Gasteiger partial charge is 0.387 e. The predicted octanol–water partition coefficient (Wildman–Crippen LogP) is 5.23. The molecule has 1 nitrogen and oxygen atoms in total. The van der Waals surface area contributed by atoms with Gasteiger partial charge in [0.1, 0.15) is 0 Å². The quantitative estimate of drug-likeness (QED) is 0.744. The molecule has 0 fully saturated rings. The second-order valence-electron chi connectivity index (χ2n) is 4.77. The molecule has 2 aromatic carbocycles. The zero-order valence-electron chi connectivity index (χ0n) is 11.5. The SMILES string of the molecule is CC/C=C/[C@@H](c1ccccc1)[C@@H](O)c1cccc(Br)c1. The van der Waals surface area contributed by atoms with E-state index in [-0.39, 0.29) is 5.92 Å². The normalized spacial score (nSPS) is 14.3. The molecular formula is C18H19BrO. The molecule has 0 aliphatic rings. The summed E-state index contributed by atoms with van der Waals surface area (Å²) in [6.07, 6.45) is 4.63. The van der Waals surface area contributed by atoms with Crippen molar-refractivity contribution in [1.29, 1.82) is 0 Å². The minimum atomic E-state index is -0.544. The summed E-state index contributed by atoms with van der Waals surface area (Å²) in [6.45, 7) is 2.10. The van der Waals surface area contributed by atoms with Crippen LogP contribution in [0.5, 0.6) is 0 Å². The topological polar surface area (TPSA) is 20.2 Å². The van der Waals surface area contributed by atoms with Gasteiger partial charge in [0.15, 0.2) is 0 Å². The summed E-state index contributed by atoms with van der Waals surface area (Å²) in [5, 5.41) is 10.7. The third kappa shape index (κ3) is 3.81. The van der Waals surface area contributed by atoms with Gasteiger partial charge < -0.3 is 5.11 Å². The van der Waals surface area contributed by atoms with Gasteiger partial charge >= 0.3 is 0 Å². The van der Waals surface area contributed by atoms with Gasteiger partial charge in [-0.1, -0.05) is 77.5 Å². The highest BCUT2D eigenvalue weighted by molar-refractivity contribution is 9.10. The summed E-state index contributed by atoms with van der Waals surface area (Å²) >= 11 is 3.46. The molecule has 104 valence electrons. The number of benzene rings is 2. The Morgan fingerprint density at radius 3 is 2.40 bits per heavy atom. The first-order valence-corrected chi connectivity index (χ1v) is 7.66. The molecule has 0 aliphatic heterocycles. The smallest absolute Gasteiger partial charge is 0.0893 e. The van der Waals surface area contributed by atoms with Crippen LogP contribution in [0.2, 0.25) is 0 Å². The molecule has 2 aromatic rings. The van der Waals surface area contributed by atoms with E-state index in [1.807, 2.05) is 42.5 Å². The minimum Gasteiger partial charge on any atom is -0.387 e. The Kier molecular flexibility index (Phi) is 5.57. The first-order valence-electron chi connectivity index (χ1n) is 6.87. The van der Waals surface area contributed by atoms with E-state index in [2.05, 4.69) is 47.1 Å². The van der Waals surface area contributed by atoms with Crippen LogP contribution in [-0.4, -0.2) is 5.11 Å². The van der Waals surface area contributed by atoms with Crippen LogP contribution in [0.25, 0.3) is 0 Å². The van der Waals surface area contributed by atoms with Crippen LogP contribution in [0.4, 0.5) is 0 Å². The first kappa shape index (κ1) is 15.0. The van der Waals surface area contributed by atoms with Gasteiger partial charge in [0, 0.05) is 10.4 Å². The lowest BCUT2D eigenvalue weighted by atomic mass is 9.88. The molecular weight excluding hydrogens is 312 g/mol. The summed E-state index contributed by atoms with van der Waals surface area (Å²) in [6, 6.07) is 18.0. The van der Waals surface area contributed by atoms with E-state index in [0.29, 0.717) is 0 Å². The zero-order valence-corrected chi connectivity index (χ0v) is 13.1. The van der Waals surface area contributed by atoms with Gasteiger partial charge in [0.05, 0.1) is 6.10 Å². The van der Waals surface area contributed by atoms with Crippen molar-refractivity contribution < 1.29 is 5.11 Å². The van der Waals surface area contributed by atoms with E-state index < -0.39 is 6.10 Å². The van der Waals surface area contributed by atoms with Gasteiger partial charge in [0.25, 0.3) is 0 Å². The number of aliphatic hydroxyl groups excluding tert-OH is 1. The molecule has 0 bridgehead atoms. The summed E-state index contributed by atoms with van der Waals surface area (Å²) in [5.74, 6) is -0.0227. The molecule has 0 radical (unpaired) electrons. The van der Waals surface area contributed by atoms with Gasteiger partial charge in [-0.3, -0.25) is 0 Å². The molecule has 0 saturated heterocycles. The summed E-state index contributed by atoms with van der Waals surface area (Å²) < 4.78 is 0.986. The van der Waals surface area contributed by atoms with Gasteiger partial charge in [-0.05, 0) is 29.7 Å². The molecule has 0 aromatic heterocycles. The van der Waals surface area contributed by atoms with Crippen molar-refractivity contribution in [3.63, 3.8) is 0 Å². The van der Waals surface area contributed by atoms with Crippen LogP contribution in [0, 0.1) is 0 Å². The van der Waals surface area contributed by atoms with E-state index in [0.717, 1.165) is 22.0 Å². The number of hydrogen-bond acceptors (Lipinski definition) is 1. The van der Waals surface area contributed by atoms with Gasteiger partial charge in [-0.15, -0.1) is 0 Å². The molecule has 20 heavy (non-hydrogen) atoms.